The SMILES string of the molecule is CCOC(=O)c1ccc(CC(c2ccc([N+](=O)[O-])cc2)C(C)OC(C)=O)o1. The van der Waals surface area contributed by atoms with E-state index in [9.17, 15) is 19.7 Å². The number of benzene rings is 1. The Balaban J connectivity index is 2.26. The zero-order valence-electron chi connectivity index (χ0n) is 15.3. The lowest BCUT2D eigenvalue weighted by Gasteiger charge is -2.23. The highest BCUT2D eigenvalue weighted by Crippen LogP contribution is 2.29. The van der Waals surface area contributed by atoms with Gasteiger partial charge in [0.15, 0.2) is 0 Å². The fraction of sp³-hybridized carbons (Fsp3) is 0.368. The summed E-state index contributed by atoms with van der Waals surface area (Å²) in [6, 6.07) is 9.22. The van der Waals surface area contributed by atoms with Gasteiger partial charge in [-0.15, -0.1) is 0 Å². The third kappa shape index (κ3) is 5.40. The van der Waals surface area contributed by atoms with Crippen molar-refractivity contribution in [2.24, 2.45) is 0 Å². The molecule has 0 radical (unpaired) electrons. The number of esters is 2. The average molecular weight is 375 g/mol. The topological polar surface area (TPSA) is 109 Å². The minimum atomic E-state index is -0.552. The maximum absolute atomic E-state index is 11.7. The first-order valence-corrected chi connectivity index (χ1v) is 8.49. The van der Waals surface area contributed by atoms with E-state index in [1.54, 1.807) is 32.0 Å². The number of hydrogen-bond acceptors (Lipinski definition) is 7. The van der Waals surface area contributed by atoms with Gasteiger partial charge < -0.3 is 13.9 Å². The normalized spacial score (nSPS) is 12.9. The van der Waals surface area contributed by atoms with Crippen LogP contribution in [0.1, 0.15) is 48.6 Å². The Labute approximate surface area is 156 Å². The molecule has 8 heteroatoms. The molecule has 2 atom stereocenters. The molecule has 2 unspecified atom stereocenters. The summed E-state index contributed by atoms with van der Waals surface area (Å²) in [6.45, 7) is 4.99. The Kier molecular flexibility index (Phi) is 6.70. The Bertz CT molecular complexity index is 810. The predicted octanol–water partition coefficient (Wildman–Crippen LogP) is 3.64. The van der Waals surface area contributed by atoms with E-state index in [-0.39, 0.29) is 24.0 Å². The second-order valence-electron chi connectivity index (χ2n) is 5.96. The van der Waals surface area contributed by atoms with Gasteiger partial charge >= 0.3 is 11.9 Å². The van der Waals surface area contributed by atoms with Gasteiger partial charge in [0.1, 0.15) is 11.9 Å². The van der Waals surface area contributed by atoms with Crippen molar-refractivity contribution in [3.8, 4) is 0 Å². The van der Waals surface area contributed by atoms with E-state index in [2.05, 4.69) is 0 Å². The van der Waals surface area contributed by atoms with Crippen LogP contribution in [-0.4, -0.2) is 29.6 Å². The molecular formula is C19H21NO7. The number of furan rings is 1. The standard InChI is InChI=1S/C19H21NO7/c1-4-25-19(22)18-10-9-16(27-18)11-17(12(2)26-13(3)21)14-5-7-15(8-6-14)20(23)24/h5-10,12,17H,4,11H2,1-3H3. The molecule has 0 aliphatic heterocycles. The molecule has 27 heavy (non-hydrogen) atoms. The van der Waals surface area contributed by atoms with Crippen molar-refractivity contribution < 1.29 is 28.4 Å². The molecular weight excluding hydrogens is 354 g/mol. The Morgan fingerprint density at radius 1 is 1.19 bits per heavy atom. The molecule has 2 rings (SSSR count). The van der Waals surface area contributed by atoms with Gasteiger partial charge in [-0.2, -0.15) is 0 Å². The van der Waals surface area contributed by atoms with Gasteiger partial charge in [-0.25, -0.2) is 4.79 Å². The number of non-ortho nitro benzene ring substituents is 1. The van der Waals surface area contributed by atoms with Gasteiger partial charge in [0.05, 0.1) is 11.5 Å². The summed E-state index contributed by atoms with van der Waals surface area (Å²) in [5, 5.41) is 10.8. The van der Waals surface area contributed by atoms with Gasteiger partial charge in [-0.05, 0) is 31.5 Å². The summed E-state index contributed by atoms with van der Waals surface area (Å²) in [5.74, 6) is -0.685. The number of ether oxygens (including phenoxy) is 2. The lowest BCUT2D eigenvalue weighted by atomic mass is 9.90. The van der Waals surface area contributed by atoms with Crippen molar-refractivity contribution in [3.63, 3.8) is 0 Å². The molecule has 0 aliphatic rings. The van der Waals surface area contributed by atoms with Crippen molar-refractivity contribution >= 4 is 17.6 Å². The second-order valence-corrected chi connectivity index (χ2v) is 5.96. The molecule has 0 N–H and O–H groups in total. The molecule has 1 heterocycles. The second kappa shape index (κ2) is 8.98. The molecule has 1 aromatic heterocycles. The lowest BCUT2D eigenvalue weighted by Crippen LogP contribution is -2.23. The van der Waals surface area contributed by atoms with Gasteiger partial charge in [-0.1, -0.05) is 12.1 Å². The number of carbonyl (C=O) groups is 2. The van der Waals surface area contributed by atoms with Crippen LogP contribution >= 0.6 is 0 Å². The first-order chi connectivity index (χ1) is 12.8. The van der Waals surface area contributed by atoms with Crippen molar-refractivity contribution in [2.45, 2.75) is 39.2 Å². The van der Waals surface area contributed by atoms with Gasteiger partial charge in [-0.3, -0.25) is 14.9 Å². The summed E-state index contributed by atoms with van der Waals surface area (Å²) in [6.07, 6.45) is -0.161. The quantitative estimate of drug-likeness (QED) is 0.393. The highest BCUT2D eigenvalue weighted by molar-refractivity contribution is 5.86. The molecule has 2 aromatic rings. The summed E-state index contributed by atoms with van der Waals surface area (Å²) >= 11 is 0. The summed E-state index contributed by atoms with van der Waals surface area (Å²) < 4.78 is 15.7. The van der Waals surface area contributed by atoms with Crippen molar-refractivity contribution in [3.05, 3.63) is 63.6 Å². The smallest absolute Gasteiger partial charge is 0.374 e. The van der Waals surface area contributed by atoms with Crippen molar-refractivity contribution in [1.29, 1.82) is 0 Å². The summed E-state index contributed by atoms with van der Waals surface area (Å²) in [4.78, 5) is 33.5. The molecule has 144 valence electrons. The fourth-order valence-electron chi connectivity index (χ4n) is 2.76. The minimum absolute atomic E-state index is 0.0276. The van der Waals surface area contributed by atoms with E-state index in [4.69, 9.17) is 13.9 Å². The van der Waals surface area contributed by atoms with Gasteiger partial charge in [0.2, 0.25) is 5.76 Å². The zero-order chi connectivity index (χ0) is 20.0. The van der Waals surface area contributed by atoms with Crippen LogP contribution in [0.15, 0.2) is 40.8 Å². The first kappa shape index (κ1) is 20.2. The summed E-state index contributed by atoms with van der Waals surface area (Å²) in [5.41, 5.74) is 0.726. The van der Waals surface area contributed by atoms with E-state index in [1.807, 2.05) is 0 Å². The zero-order valence-corrected chi connectivity index (χ0v) is 15.3. The van der Waals surface area contributed by atoms with Gasteiger partial charge in [0, 0.05) is 31.4 Å². The number of rotatable bonds is 8. The lowest BCUT2D eigenvalue weighted by molar-refractivity contribution is -0.384. The first-order valence-electron chi connectivity index (χ1n) is 8.49. The molecule has 0 amide bonds. The van der Waals surface area contributed by atoms with E-state index in [0.717, 1.165) is 5.56 Å². The van der Waals surface area contributed by atoms with Crippen molar-refractivity contribution in [2.75, 3.05) is 6.61 Å². The van der Waals surface area contributed by atoms with E-state index in [1.165, 1.54) is 25.1 Å². The van der Waals surface area contributed by atoms with Crippen LogP contribution in [0.3, 0.4) is 0 Å². The predicted molar refractivity (Wildman–Crippen MR) is 95.4 cm³/mol. The van der Waals surface area contributed by atoms with E-state index < -0.39 is 23.0 Å². The fourth-order valence-corrected chi connectivity index (χ4v) is 2.76. The molecule has 0 saturated heterocycles. The van der Waals surface area contributed by atoms with E-state index in [0.29, 0.717) is 12.2 Å². The third-order valence-electron chi connectivity index (χ3n) is 4.01. The highest BCUT2D eigenvalue weighted by atomic mass is 16.6. The van der Waals surface area contributed by atoms with Crippen LogP contribution in [0.4, 0.5) is 5.69 Å². The van der Waals surface area contributed by atoms with Crippen LogP contribution in [0.2, 0.25) is 0 Å². The van der Waals surface area contributed by atoms with Gasteiger partial charge in [0.25, 0.3) is 5.69 Å². The number of nitro benzene ring substituents is 1. The molecule has 8 nitrogen and oxygen atoms in total. The average Bonchev–Trinajstić information content (AvgIpc) is 3.08. The van der Waals surface area contributed by atoms with Crippen LogP contribution in [0.25, 0.3) is 0 Å². The van der Waals surface area contributed by atoms with Crippen LogP contribution < -0.4 is 0 Å². The monoisotopic (exact) mass is 375 g/mol. The van der Waals surface area contributed by atoms with Crippen molar-refractivity contribution in [1.82, 2.24) is 0 Å². The molecule has 0 fully saturated rings. The Hall–Kier alpha value is -3.16. The molecule has 0 spiro atoms. The summed E-state index contributed by atoms with van der Waals surface area (Å²) in [7, 11) is 0. The molecule has 0 aliphatic carbocycles. The van der Waals surface area contributed by atoms with Crippen LogP contribution in [-0.2, 0) is 20.7 Å². The number of hydrogen-bond donors (Lipinski definition) is 0. The Morgan fingerprint density at radius 3 is 2.41 bits per heavy atom. The Morgan fingerprint density at radius 2 is 1.85 bits per heavy atom. The minimum Gasteiger partial charge on any atom is -0.462 e. The number of nitrogens with zero attached hydrogens (tertiary/aromatic N) is 1. The van der Waals surface area contributed by atoms with E-state index >= 15 is 0 Å². The molecule has 0 bridgehead atoms. The third-order valence-corrected chi connectivity index (χ3v) is 4.01. The maximum Gasteiger partial charge on any atom is 0.374 e. The highest BCUT2D eigenvalue weighted by Gasteiger charge is 2.25. The maximum atomic E-state index is 11.7. The van der Waals surface area contributed by atoms with Crippen LogP contribution in [0, 0.1) is 10.1 Å². The number of carbonyl (C=O) groups excluding carboxylic acids is 2. The van der Waals surface area contributed by atoms with Crippen LogP contribution in [0.5, 0.6) is 0 Å². The molecule has 1 aromatic carbocycles. The largest absolute Gasteiger partial charge is 0.462 e. The number of nitro groups is 1. The molecule has 0 saturated carbocycles.